The number of amides is 3. The number of rotatable bonds is 6. The molecule has 2 saturated heterocycles. The van der Waals surface area contributed by atoms with Crippen molar-refractivity contribution in [2.24, 2.45) is 0 Å². The largest absolute Gasteiger partial charge is 0.352 e. The number of nitrogens with one attached hydrogen (secondary N) is 1. The van der Waals surface area contributed by atoms with E-state index in [0.29, 0.717) is 32.6 Å². The Balaban J connectivity index is 1.54. The number of hydrogen-bond donors (Lipinski definition) is 1. The Morgan fingerprint density at radius 2 is 1.84 bits per heavy atom. The van der Waals surface area contributed by atoms with Crippen LogP contribution in [0, 0.1) is 0 Å². The zero-order valence-corrected chi connectivity index (χ0v) is 19.4. The molecule has 1 aromatic carbocycles. The normalized spacial score (nSPS) is 18.8. The van der Waals surface area contributed by atoms with Gasteiger partial charge in [-0.15, -0.1) is 11.3 Å². The van der Waals surface area contributed by atoms with Gasteiger partial charge >= 0.3 is 0 Å². The van der Waals surface area contributed by atoms with Gasteiger partial charge in [0.1, 0.15) is 12.1 Å². The zero-order valence-electron chi connectivity index (χ0n) is 18.6. The monoisotopic (exact) mass is 454 g/mol. The standard InChI is InChI=1S/C24H30N4O3S/c1-3-18(2)25-21(29)16-27-17-28(19-8-5-4-6-9-19)24(23(27)31)11-13-26(14-12-24)22(30)20-10-7-15-32-20/h4-10,15,18H,3,11-14,16-17H2,1-2H3,(H,25,29). The third kappa shape index (κ3) is 4.24. The third-order valence-electron chi connectivity index (χ3n) is 6.55. The number of anilines is 1. The second-order valence-corrected chi connectivity index (χ2v) is 9.53. The number of benzene rings is 1. The van der Waals surface area contributed by atoms with E-state index in [4.69, 9.17) is 0 Å². The lowest BCUT2D eigenvalue weighted by Crippen LogP contribution is -2.57. The SMILES string of the molecule is CCC(C)NC(=O)CN1CN(c2ccccc2)C2(CCN(C(=O)c3cccs3)CC2)C1=O. The van der Waals surface area contributed by atoms with Crippen LogP contribution < -0.4 is 10.2 Å². The lowest BCUT2D eigenvalue weighted by atomic mass is 9.85. The molecule has 3 amide bonds. The minimum atomic E-state index is -0.732. The predicted molar refractivity (Wildman–Crippen MR) is 126 cm³/mol. The van der Waals surface area contributed by atoms with Crippen LogP contribution >= 0.6 is 11.3 Å². The van der Waals surface area contributed by atoms with E-state index in [2.05, 4.69) is 10.2 Å². The maximum absolute atomic E-state index is 13.7. The summed E-state index contributed by atoms with van der Waals surface area (Å²) in [4.78, 5) is 45.3. The molecule has 32 heavy (non-hydrogen) atoms. The molecule has 7 nitrogen and oxygen atoms in total. The van der Waals surface area contributed by atoms with Crippen LogP contribution in [0.25, 0.3) is 0 Å². The fourth-order valence-corrected chi connectivity index (χ4v) is 5.24. The molecule has 2 aliphatic heterocycles. The number of likely N-dealkylation sites (tertiary alicyclic amines) is 1. The van der Waals surface area contributed by atoms with Crippen LogP contribution in [0.1, 0.15) is 42.8 Å². The molecule has 1 atom stereocenters. The van der Waals surface area contributed by atoms with Crippen LogP contribution in [-0.4, -0.2) is 65.4 Å². The summed E-state index contributed by atoms with van der Waals surface area (Å²) in [5, 5.41) is 4.86. The second-order valence-electron chi connectivity index (χ2n) is 8.59. The van der Waals surface area contributed by atoms with Crippen molar-refractivity contribution in [3.05, 3.63) is 52.7 Å². The fourth-order valence-electron chi connectivity index (χ4n) is 4.55. The van der Waals surface area contributed by atoms with E-state index in [-0.39, 0.29) is 30.3 Å². The van der Waals surface area contributed by atoms with E-state index in [1.165, 1.54) is 11.3 Å². The number of hydrogen-bond acceptors (Lipinski definition) is 5. The molecule has 0 bridgehead atoms. The van der Waals surface area contributed by atoms with E-state index >= 15 is 0 Å². The van der Waals surface area contributed by atoms with Gasteiger partial charge in [-0.1, -0.05) is 31.2 Å². The van der Waals surface area contributed by atoms with Crippen molar-refractivity contribution in [3.63, 3.8) is 0 Å². The van der Waals surface area contributed by atoms with Crippen molar-refractivity contribution >= 4 is 34.7 Å². The Hall–Kier alpha value is -2.87. The van der Waals surface area contributed by atoms with Gasteiger partial charge in [-0.3, -0.25) is 14.4 Å². The molecular formula is C24H30N4O3S. The first kappa shape index (κ1) is 22.3. The van der Waals surface area contributed by atoms with Gasteiger partial charge in [0.25, 0.3) is 11.8 Å². The molecule has 1 unspecified atom stereocenters. The highest BCUT2D eigenvalue weighted by Gasteiger charge is 2.54. The number of nitrogens with zero attached hydrogens (tertiary/aromatic N) is 3. The van der Waals surface area contributed by atoms with Crippen LogP contribution in [0.4, 0.5) is 5.69 Å². The molecule has 2 aromatic rings. The number of piperidine rings is 1. The first-order chi connectivity index (χ1) is 15.4. The van der Waals surface area contributed by atoms with Crippen LogP contribution in [0.3, 0.4) is 0 Å². The minimum absolute atomic E-state index is 0.0242. The van der Waals surface area contributed by atoms with Gasteiger partial charge < -0.3 is 20.0 Å². The van der Waals surface area contributed by atoms with Crippen molar-refractivity contribution in [3.8, 4) is 0 Å². The summed E-state index contributed by atoms with van der Waals surface area (Å²) < 4.78 is 0. The average molecular weight is 455 g/mol. The molecule has 1 aromatic heterocycles. The third-order valence-corrected chi connectivity index (χ3v) is 7.40. The fraction of sp³-hybridized carbons (Fsp3) is 0.458. The maximum atomic E-state index is 13.7. The van der Waals surface area contributed by atoms with Crippen molar-refractivity contribution in [2.45, 2.75) is 44.7 Å². The highest BCUT2D eigenvalue weighted by Crippen LogP contribution is 2.39. The van der Waals surface area contributed by atoms with E-state index < -0.39 is 5.54 Å². The quantitative estimate of drug-likeness (QED) is 0.729. The van der Waals surface area contributed by atoms with E-state index in [1.54, 1.807) is 4.90 Å². The van der Waals surface area contributed by atoms with E-state index in [0.717, 1.165) is 17.0 Å². The summed E-state index contributed by atoms with van der Waals surface area (Å²) in [7, 11) is 0. The number of carbonyl (C=O) groups excluding carboxylic acids is 3. The summed E-state index contributed by atoms with van der Waals surface area (Å²) in [5.74, 6) is -0.136. The zero-order chi connectivity index (χ0) is 22.7. The topological polar surface area (TPSA) is 73.0 Å². The number of thiophene rings is 1. The van der Waals surface area contributed by atoms with Gasteiger partial charge in [-0.05, 0) is 49.8 Å². The molecule has 170 valence electrons. The Kier molecular flexibility index (Phi) is 6.50. The molecule has 8 heteroatoms. The molecule has 0 saturated carbocycles. The van der Waals surface area contributed by atoms with Gasteiger partial charge in [-0.25, -0.2) is 0 Å². The smallest absolute Gasteiger partial charge is 0.263 e. The lowest BCUT2D eigenvalue weighted by molar-refractivity contribution is -0.137. The summed E-state index contributed by atoms with van der Waals surface area (Å²) in [6.45, 7) is 5.42. The van der Waals surface area contributed by atoms with Gasteiger partial charge in [0.05, 0.1) is 11.5 Å². The van der Waals surface area contributed by atoms with Gasteiger partial charge in [0.2, 0.25) is 5.91 Å². The highest BCUT2D eigenvalue weighted by atomic mass is 32.1. The minimum Gasteiger partial charge on any atom is -0.352 e. The van der Waals surface area contributed by atoms with E-state index in [1.807, 2.05) is 66.6 Å². The van der Waals surface area contributed by atoms with Crippen molar-refractivity contribution in [1.82, 2.24) is 15.1 Å². The lowest BCUT2D eigenvalue weighted by Gasteiger charge is -2.43. The van der Waals surface area contributed by atoms with Crippen molar-refractivity contribution in [2.75, 3.05) is 31.2 Å². The number of para-hydroxylation sites is 1. The first-order valence-corrected chi connectivity index (χ1v) is 12.1. The van der Waals surface area contributed by atoms with Gasteiger partial charge in [-0.2, -0.15) is 0 Å². The second kappa shape index (κ2) is 9.32. The number of carbonyl (C=O) groups is 3. The van der Waals surface area contributed by atoms with Crippen molar-refractivity contribution in [1.29, 1.82) is 0 Å². The molecule has 4 rings (SSSR count). The van der Waals surface area contributed by atoms with Crippen molar-refractivity contribution < 1.29 is 14.4 Å². The summed E-state index contributed by atoms with van der Waals surface area (Å²) in [6, 6.07) is 13.7. The van der Waals surface area contributed by atoms with Crippen LogP contribution in [0.5, 0.6) is 0 Å². The molecule has 1 N–H and O–H groups in total. The average Bonchev–Trinajstić information content (AvgIpc) is 3.43. The molecule has 0 aliphatic carbocycles. The highest BCUT2D eigenvalue weighted by molar-refractivity contribution is 7.12. The Bertz CT molecular complexity index is 955. The molecule has 3 heterocycles. The first-order valence-electron chi connectivity index (χ1n) is 11.2. The van der Waals surface area contributed by atoms with E-state index in [9.17, 15) is 14.4 Å². The summed E-state index contributed by atoms with van der Waals surface area (Å²) in [5.41, 5.74) is 0.230. The Morgan fingerprint density at radius 3 is 2.47 bits per heavy atom. The molecular weight excluding hydrogens is 424 g/mol. The van der Waals surface area contributed by atoms with Crippen LogP contribution in [0.15, 0.2) is 47.8 Å². The Labute approximate surface area is 193 Å². The molecule has 2 fully saturated rings. The molecule has 1 spiro atoms. The Morgan fingerprint density at radius 1 is 1.12 bits per heavy atom. The maximum Gasteiger partial charge on any atom is 0.263 e. The summed E-state index contributed by atoms with van der Waals surface area (Å²) >= 11 is 1.44. The predicted octanol–water partition coefficient (Wildman–Crippen LogP) is 2.94. The van der Waals surface area contributed by atoms with Crippen LogP contribution in [0.2, 0.25) is 0 Å². The van der Waals surface area contributed by atoms with Gasteiger partial charge in [0, 0.05) is 24.8 Å². The van der Waals surface area contributed by atoms with Crippen LogP contribution in [-0.2, 0) is 9.59 Å². The van der Waals surface area contributed by atoms with Gasteiger partial charge in [0.15, 0.2) is 0 Å². The molecule has 0 radical (unpaired) electrons. The summed E-state index contributed by atoms with van der Waals surface area (Å²) in [6.07, 6.45) is 1.93. The molecule has 2 aliphatic rings.